The first-order valence-electron chi connectivity index (χ1n) is 6.99. The number of guanidine groups is 1. The molecular weight excluding hydrogens is 240 g/mol. The van der Waals surface area contributed by atoms with Crippen LogP contribution >= 0.6 is 0 Å². The Morgan fingerprint density at radius 1 is 1.37 bits per heavy atom. The molecule has 0 aromatic carbocycles. The second-order valence-electron chi connectivity index (χ2n) is 5.10. The summed E-state index contributed by atoms with van der Waals surface area (Å²) in [4.78, 5) is 17.4. The summed E-state index contributed by atoms with van der Waals surface area (Å²) in [5.74, 6) is 0.713. The molecule has 19 heavy (non-hydrogen) atoms. The van der Waals surface area contributed by atoms with Crippen molar-refractivity contribution in [3.8, 4) is 0 Å². The van der Waals surface area contributed by atoms with Crippen LogP contribution in [-0.2, 0) is 4.79 Å². The Kier molecular flexibility index (Phi) is 7.00. The van der Waals surface area contributed by atoms with Crippen molar-refractivity contribution in [3.05, 3.63) is 12.7 Å². The van der Waals surface area contributed by atoms with Gasteiger partial charge in [-0.25, -0.2) is 4.99 Å². The van der Waals surface area contributed by atoms with Gasteiger partial charge in [0.1, 0.15) is 6.54 Å². The van der Waals surface area contributed by atoms with Gasteiger partial charge in [0.05, 0.1) is 0 Å². The molecule has 1 fully saturated rings. The summed E-state index contributed by atoms with van der Waals surface area (Å²) in [5.41, 5.74) is 0. The molecule has 0 aliphatic heterocycles. The van der Waals surface area contributed by atoms with Gasteiger partial charge in [-0.2, -0.15) is 0 Å². The second kappa shape index (κ2) is 8.56. The van der Waals surface area contributed by atoms with E-state index in [0.29, 0.717) is 18.5 Å². The van der Waals surface area contributed by atoms with Crippen LogP contribution in [0, 0.1) is 0 Å². The molecule has 0 unspecified atom stereocenters. The quantitative estimate of drug-likeness (QED) is 0.445. The van der Waals surface area contributed by atoms with Crippen molar-refractivity contribution >= 4 is 11.9 Å². The highest BCUT2D eigenvalue weighted by Crippen LogP contribution is 2.17. The van der Waals surface area contributed by atoms with E-state index in [9.17, 15) is 4.79 Å². The molecule has 0 saturated heterocycles. The highest BCUT2D eigenvalue weighted by Gasteiger charge is 2.14. The van der Waals surface area contributed by atoms with Crippen molar-refractivity contribution in [2.24, 2.45) is 4.99 Å². The molecule has 108 valence electrons. The zero-order valence-electron chi connectivity index (χ0n) is 12.1. The summed E-state index contributed by atoms with van der Waals surface area (Å²) in [6.07, 6.45) is 7.99. The number of aliphatic imine (C=N–C) groups is 1. The van der Waals surface area contributed by atoms with E-state index in [4.69, 9.17) is 0 Å². The molecule has 5 heteroatoms. The van der Waals surface area contributed by atoms with Crippen molar-refractivity contribution in [2.75, 3.05) is 27.2 Å². The molecule has 0 spiro atoms. The van der Waals surface area contributed by atoms with Crippen LogP contribution in [0.1, 0.15) is 32.1 Å². The van der Waals surface area contributed by atoms with Gasteiger partial charge < -0.3 is 15.5 Å². The number of nitrogens with zero attached hydrogens (tertiary/aromatic N) is 2. The Morgan fingerprint density at radius 2 is 2.05 bits per heavy atom. The van der Waals surface area contributed by atoms with Gasteiger partial charge in [-0.1, -0.05) is 25.3 Å². The fraction of sp³-hybridized carbons (Fsp3) is 0.714. The molecule has 5 nitrogen and oxygen atoms in total. The van der Waals surface area contributed by atoms with Crippen LogP contribution in [0.25, 0.3) is 0 Å². The minimum absolute atomic E-state index is 0.00310. The van der Waals surface area contributed by atoms with Gasteiger partial charge in [0.15, 0.2) is 5.96 Å². The fourth-order valence-corrected chi connectivity index (χ4v) is 2.05. The standard InChI is InChI=1S/C14H26N4O/c1-4-10-15-14(16-11-13(19)18(2)3)17-12-8-6-5-7-9-12/h4,12H,1,5-11H2,2-3H3,(H2,15,16,17). The Bertz CT molecular complexity index is 319. The van der Waals surface area contributed by atoms with Crippen LogP contribution in [0.2, 0.25) is 0 Å². The first-order chi connectivity index (χ1) is 9.13. The molecule has 0 bridgehead atoms. The van der Waals surface area contributed by atoms with E-state index in [1.807, 2.05) is 0 Å². The Hall–Kier alpha value is -1.52. The largest absolute Gasteiger partial charge is 0.354 e. The van der Waals surface area contributed by atoms with Gasteiger partial charge in [0, 0.05) is 26.7 Å². The average Bonchev–Trinajstić information content (AvgIpc) is 2.42. The van der Waals surface area contributed by atoms with Crippen LogP contribution < -0.4 is 10.6 Å². The number of likely N-dealkylation sites (N-methyl/N-ethyl adjacent to an activating group) is 1. The summed E-state index contributed by atoms with van der Waals surface area (Å²) >= 11 is 0. The van der Waals surface area contributed by atoms with Gasteiger partial charge in [0.2, 0.25) is 5.91 Å². The lowest BCUT2D eigenvalue weighted by Gasteiger charge is -2.25. The first kappa shape index (κ1) is 15.5. The van der Waals surface area contributed by atoms with Crippen LogP contribution in [-0.4, -0.2) is 50.0 Å². The zero-order chi connectivity index (χ0) is 14.1. The molecule has 0 radical (unpaired) electrons. The van der Waals surface area contributed by atoms with Crippen molar-refractivity contribution in [1.82, 2.24) is 15.5 Å². The molecule has 0 aromatic heterocycles. The fourth-order valence-electron chi connectivity index (χ4n) is 2.05. The van der Waals surface area contributed by atoms with E-state index >= 15 is 0 Å². The van der Waals surface area contributed by atoms with Gasteiger partial charge in [-0.3, -0.25) is 4.79 Å². The minimum Gasteiger partial charge on any atom is -0.354 e. The number of nitrogens with one attached hydrogen (secondary N) is 2. The molecule has 1 saturated carbocycles. The second-order valence-corrected chi connectivity index (χ2v) is 5.10. The molecule has 2 N–H and O–H groups in total. The van der Waals surface area contributed by atoms with Crippen LogP contribution in [0.4, 0.5) is 0 Å². The van der Waals surface area contributed by atoms with Crippen molar-refractivity contribution < 1.29 is 4.79 Å². The van der Waals surface area contributed by atoms with Gasteiger partial charge in [-0.05, 0) is 12.8 Å². The maximum Gasteiger partial charge on any atom is 0.243 e. The van der Waals surface area contributed by atoms with E-state index in [-0.39, 0.29) is 12.5 Å². The smallest absolute Gasteiger partial charge is 0.243 e. The molecule has 1 rings (SSSR count). The van der Waals surface area contributed by atoms with Crippen LogP contribution in [0.5, 0.6) is 0 Å². The molecule has 1 aliphatic carbocycles. The van der Waals surface area contributed by atoms with E-state index in [0.717, 1.165) is 0 Å². The predicted molar refractivity (Wildman–Crippen MR) is 79.2 cm³/mol. The van der Waals surface area contributed by atoms with E-state index in [2.05, 4.69) is 22.2 Å². The summed E-state index contributed by atoms with van der Waals surface area (Å²) in [6, 6.07) is 0.472. The predicted octanol–water partition coefficient (Wildman–Crippen LogP) is 1.13. The third-order valence-corrected chi connectivity index (χ3v) is 3.23. The van der Waals surface area contributed by atoms with Crippen molar-refractivity contribution in [3.63, 3.8) is 0 Å². The molecule has 1 amide bonds. The zero-order valence-corrected chi connectivity index (χ0v) is 12.1. The van der Waals surface area contributed by atoms with E-state index in [1.165, 1.54) is 32.1 Å². The number of carbonyl (C=O) groups is 1. The van der Waals surface area contributed by atoms with E-state index in [1.54, 1.807) is 25.1 Å². The summed E-state index contributed by atoms with van der Waals surface area (Å²) in [7, 11) is 3.48. The SMILES string of the molecule is C=CCNC(=NCC(=O)N(C)C)NC1CCCCC1. The van der Waals surface area contributed by atoms with Gasteiger partial charge in [0.25, 0.3) is 0 Å². The minimum atomic E-state index is 0.00310. The molecule has 0 heterocycles. The first-order valence-corrected chi connectivity index (χ1v) is 6.99. The summed E-state index contributed by atoms with van der Waals surface area (Å²) in [5, 5.41) is 6.57. The number of amides is 1. The van der Waals surface area contributed by atoms with Gasteiger partial charge in [-0.15, -0.1) is 6.58 Å². The lowest BCUT2D eigenvalue weighted by Crippen LogP contribution is -2.44. The average molecular weight is 266 g/mol. The molecular formula is C14H26N4O. The molecule has 0 atom stereocenters. The maximum absolute atomic E-state index is 11.6. The summed E-state index contributed by atoms with van der Waals surface area (Å²) < 4.78 is 0. The number of hydrogen-bond acceptors (Lipinski definition) is 2. The highest BCUT2D eigenvalue weighted by atomic mass is 16.2. The number of rotatable bonds is 5. The normalized spacial score (nSPS) is 16.8. The lowest BCUT2D eigenvalue weighted by atomic mass is 9.96. The molecule has 0 aromatic rings. The highest BCUT2D eigenvalue weighted by molar-refractivity contribution is 5.85. The monoisotopic (exact) mass is 266 g/mol. The number of hydrogen-bond donors (Lipinski definition) is 2. The molecule has 1 aliphatic rings. The maximum atomic E-state index is 11.6. The number of carbonyl (C=O) groups excluding carboxylic acids is 1. The third kappa shape index (κ3) is 6.27. The van der Waals surface area contributed by atoms with Crippen LogP contribution in [0.3, 0.4) is 0 Å². The lowest BCUT2D eigenvalue weighted by molar-refractivity contribution is -0.127. The Morgan fingerprint density at radius 3 is 2.63 bits per heavy atom. The van der Waals surface area contributed by atoms with Crippen molar-refractivity contribution in [1.29, 1.82) is 0 Å². The topological polar surface area (TPSA) is 56.7 Å². The van der Waals surface area contributed by atoms with Crippen LogP contribution in [0.15, 0.2) is 17.6 Å². The van der Waals surface area contributed by atoms with Crippen molar-refractivity contribution in [2.45, 2.75) is 38.1 Å². The van der Waals surface area contributed by atoms with E-state index < -0.39 is 0 Å². The Balaban J connectivity index is 2.51. The Labute approximate surface area is 116 Å². The van der Waals surface area contributed by atoms with Gasteiger partial charge >= 0.3 is 0 Å². The third-order valence-electron chi connectivity index (χ3n) is 3.23. The summed E-state index contributed by atoms with van der Waals surface area (Å²) in [6.45, 7) is 4.50.